The molecule has 4 heteroatoms. The second-order valence-electron chi connectivity index (χ2n) is 6.01. The molecule has 3 nitrogen and oxygen atoms in total. The van der Waals surface area contributed by atoms with Crippen molar-refractivity contribution < 1.29 is 4.79 Å². The summed E-state index contributed by atoms with van der Waals surface area (Å²) in [5, 5.41) is 3.29. The Balaban J connectivity index is 1.88. The molecule has 1 atom stereocenters. The maximum atomic E-state index is 11.7. The molecule has 21 heavy (non-hydrogen) atoms. The Morgan fingerprint density at radius 2 is 2.14 bits per heavy atom. The third-order valence-electron chi connectivity index (χ3n) is 4.25. The van der Waals surface area contributed by atoms with E-state index in [1.54, 1.807) is 0 Å². The molecule has 0 spiro atoms. The molecule has 0 saturated carbocycles. The number of amides is 1. The lowest BCUT2D eigenvalue weighted by molar-refractivity contribution is -0.123. The van der Waals surface area contributed by atoms with Gasteiger partial charge < -0.3 is 11.1 Å². The molecule has 116 valence electrons. The first kappa shape index (κ1) is 16.4. The molecule has 0 fully saturated rings. The Labute approximate surface area is 132 Å². The van der Waals surface area contributed by atoms with Crippen LogP contribution >= 0.6 is 11.8 Å². The number of nitrogens with one attached hydrogen (secondary N) is 1. The third kappa shape index (κ3) is 4.24. The van der Waals surface area contributed by atoms with E-state index in [9.17, 15) is 4.79 Å². The minimum atomic E-state index is -0.597. The molecule has 0 bridgehead atoms. The van der Waals surface area contributed by atoms with Crippen LogP contribution in [0.15, 0.2) is 23.1 Å². The molecule has 1 aromatic rings. The second kappa shape index (κ2) is 7.32. The zero-order chi connectivity index (χ0) is 15.3. The number of fused-ring (bicyclic) bond motifs is 1. The topological polar surface area (TPSA) is 55.1 Å². The molecule has 1 aliphatic rings. The summed E-state index contributed by atoms with van der Waals surface area (Å²) in [7, 11) is 0. The summed E-state index contributed by atoms with van der Waals surface area (Å²) in [5.41, 5.74) is 7.96. The highest BCUT2D eigenvalue weighted by Crippen LogP contribution is 2.28. The molecule has 1 amide bonds. The van der Waals surface area contributed by atoms with Gasteiger partial charge in [0.05, 0.1) is 5.54 Å². The van der Waals surface area contributed by atoms with Gasteiger partial charge in [0.2, 0.25) is 5.91 Å². The molecule has 3 N–H and O–H groups in total. The van der Waals surface area contributed by atoms with Crippen molar-refractivity contribution in [2.24, 2.45) is 5.73 Å². The minimum Gasteiger partial charge on any atom is -0.368 e. The summed E-state index contributed by atoms with van der Waals surface area (Å²) in [5.74, 6) is 0.639. The van der Waals surface area contributed by atoms with Crippen molar-refractivity contribution in [2.45, 2.75) is 56.4 Å². The van der Waals surface area contributed by atoms with Crippen molar-refractivity contribution in [1.29, 1.82) is 0 Å². The number of hydrogen-bond donors (Lipinski definition) is 2. The van der Waals surface area contributed by atoms with Crippen molar-refractivity contribution in [1.82, 2.24) is 5.32 Å². The lowest BCUT2D eigenvalue weighted by atomic mass is 9.98. The van der Waals surface area contributed by atoms with Crippen LogP contribution in [-0.2, 0) is 17.6 Å². The third-order valence-corrected chi connectivity index (χ3v) is 5.25. The number of hydrogen-bond acceptors (Lipinski definition) is 3. The van der Waals surface area contributed by atoms with Crippen molar-refractivity contribution >= 4 is 17.7 Å². The van der Waals surface area contributed by atoms with E-state index in [2.05, 4.69) is 30.4 Å². The molecule has 1 aromatic carbocycles. The van der Waals surface area contributed by atoms with Gasteiger partial charge in [-0.15, -0.1) is 11.8 Å². The van der Waals surface area contributed by atoms with Gasteiger partial charge in [0.15, 0.2) is 0 Å². The van der Waals surface area contributed by atoms with E-state index in [0.717, 1.165) is 25.1 Å². The van der Waals surface area contributed by atoms with Crippen molar-refractivity contribution in [3.63, 3.8) is 0 Å². The molecule has 0 aliphatic heterocycles. The molecular weight excluding hydrogens is 280 g/mol. The first-order valence-corrected chi connectivity index (χ1v) is 8.83. The number of rotatable bonds is 8. The van der Waals surface area contributed by atoms with Gasteiger partial charge >= 0.3 is 0 Å². The smallest absolute Gasteiger partial charge is 0.237 e. The van der Waals surface area contributed by atoms with E-state index in [1.165, 1.54) is 35.3 Å². The number of aryl methyl sites for hydroxylation is 2. The highest BCUT2D eigenvalue weighted by Gasteiger charge is 2.29. The summed E-state index contributed by atoms with van der Waals surface area (Å²) >= 11 is 1.82. The quantitative estimate of drug-likeness (QED) is 0.726. The zero-order valence-electron chi connectivity index (χ0n) is 13.1. The van der Waals surface area contributed by atoms with Crippen LogP contribution in [0.5, 0.6) is 0 Å². The molecule has 1 aliphatic carbocycles. The summed E-state index contributed by atoms with van der Waals surface area (Å²) in [6.07, 6.45) is 5.47. The van der Waals surface area contributed by atoms with Crippen molar-refractivity contribution in [3.05, 3.63) is 29.3 Å². The van der Waals surface area contributed by atoms with Crippen LogP contribution in [0.25, 0.3) is 0 Å². The standard InChI is InChI=1S/C17H26N2OS/c1-3-10-19-17(2,16(18)20)9-11-21-15-8-7-13-5-4-6-14(13)12-15/h7-8,12,19H,3-6,9-11H2,1-2H3,(H2,18,20). The van der Waals surface area contributed by atoms with Crippen molar-refractivity contribution in [3.8, 4) is 0 Å². The normalized spacial score (nSPS) is 16.5. The molecule has 0 saturated heterocycles. The van der Waals surface area contributed by atoms with Gasteiger partial charge in [-0.1, -0.05) is 13.0 Å². The van der Waals surface area contributed by atoms with Crippen molar-refractivity contribution in [2.75, 3.05) is 12.3 Å². The van der Waals surface area contributed by atoms with E-state index >= 15 is 0 Å². The SMILES string of the molecule is CCCNC(C)(CCSc1ccc2c(c1)CCC2)C(N)=O. The van der Waals surface area contributed by atoms with Gasteiger partial charge in [-0.05, 0) is 68.8 Å². The highest BCUT2D eigenvalue weighted by molar-refractivity contribution is 7.99. The van der Waals surface area contributed by atoms with Crippen LogP contribution in [0.1, 0.15) is 44.2 Å². The predicted octanol–water partition coefficient (Wildman–Crippen LogP) is 2.90. The average Bonchev–Trinajstić information content (AvgIpc) is 2.92. The molecule has 0 heterocycles. The Bertz CT molecular complexity index is 504. The monoisotopic (exact) mass is 306 g/mol. The zero-order valence-corrected chi connectivity index (χ0v) is 13.9. The summed E-state index contributed by atoms with van der Waals surface area (Å²) < 4.78 is 0. The van der Waals surface area contributed by atoms with E-state index in [0.29, 0.717) is 0 Å². The fourth-order valence-corrected chi connectivity index (χ4v) is 3.85. The Morgan fingerprint density at radius 3 is 2.86 bits per heavy atom. The Kier molecular flexibility index (Phi) is 5.71. The van der Waals surface area contributed by atoms with E-state index in [4.69, 9.17) is 5.73 Å². The number of thioether (sulfide) groups is 1. The lowest BCUT2D eigenvalue weighted by Gasteiger charge is -2.27. The fraction of sp³-hybridized carbons (Fsp3) is 0.588. The van der Waals surface area contributed by atoms with Crippen LogP contribution in [0, 0.1) is 0 Å². The number of benzene rings is 1. The predicted molar refractivity (Wildman–Crippen MR) is 89.7 cm³/mol. The van der Waals surface area contributed by atoms with E-state index in [-0.39, 0.29) is 5.91 Å². The summed E-state index contributed by atoms with van der Waals surface area (Å²) in [4.78, 5) is 13.0. The maximum Gasteiger partial charge on any atom is 0.237 e. The molecular formula is C17H26N2OS. The first-order chi connectivity index (χ1) is 10.0. The fourth-order valence-electron chi connectivity index (χ4n) is 2.71. The molecule has 0 radical (unpaired) electrons. The maximum absolute atomic E-state index is 11.7. The van der Waals surface area contributed by atoms with Gasteiger partial charge in [0.25, 0.3) is 0 Å². The Morgan fingerprint density at radius 1 is 1.38 bits per heavy atom. The van der Waals surface area contributed by atoms with E-state index < -0.39 is 5.54 Å². The minimum absolute atomic E-state index is 0.259. The molecule has 0 aromatic heterocycles. The van der Waals surface area contributed by atoms with Crippen LogP contribution in [-0.4, -0.2) is 23.7 Å². The van der Waals surface area contributed by atoms with Crippen LogP contribution in [0.2, 0.25) is 0 Å². The summed E-state index contributed by atoms with van der Waals surface area (Å²) in [6.45, 7) is 4.82. The summed E-state index contributed by atoms with van der Waals surface area (Å²) in [6, 6.07) is 6.78. The van der Waals surface area contributed by atoms with Gasteiger partial charge in [0.1, 0.15) is 0 Å². The number of nitrogens with two attached hydrogens (primary N) is 1. The van der Waals surface area contributed by atoms with Crippen LogP contribution in [0.3, 0.4) is 0 Å². The molecule has 2 rings (SSSR count). The lowest BCUT2D eigenvalue weighted by Crippen LogP contribution is -2.53. The second-order valence-corrected chi connectivity index (χ2v) is 7.17. The largest absolute Gasteiger partial charge is 0.368 e. The average molecular weight is 306 g/mol. The van der Waals surface area contributed by atoms with E-state index in [1.807, 2.05) is 18.7 Å². The van der Waals surface area contributed by atoms with Gasteiger partial charge in [0, 0.05) is 10.6 Å². The van der Waals surface area contributed by atoms with Gasteiger partial charge in [-0.3, -0.25) is 4.79 Å². The van der Waals surface area contributed by atoms with Gasteiger partial charge in [-0.25, -0.2) is 0 Å². The van der Waals surface area contributed by atoms with Crippen LogP contribution in [0.4, 0.5) is 0 Å². The first-order valence-electron chi connectivity index (χ1n) is 7.84. The van der Waals surface area contributed by atoms with Gasteiger partial charge in [-0.2, -0.15) is 0 Å². The number of carbonyl (C=O) groups is 1. The number of primary amides is 1. The number of carbonyl (C=O) groups excluding carboxylic acids is 1. The highest BCUT2D eigenvalue weighted by atomic mass is 32.2. The molecule has 1 unspecified atom stereocenters. The Hall–Kier alpha value is -1.00. The van der Waals surface area contributed by atoms with Crippen LogP contribution < -0.4 is 11.1 Å².